The van der Waals surface area contributed by atoms with Gasteiger partial charge in [-0.3, -0.25) is 0 Å². The predicted molar refractivity (Wildman–Crippen MR) is 55.3 cm³/mol. The van der Waals surface area contributed by atoms with Gasteiger partial charge in [0, 0.05) is 0 Å². The molecule has 1 rings (SSSR count). The molecule has 0 fully saturated rings. The molecule has 0 aromatic heterocycles. The molecule has 0 spiro atoms. The van der Waals surface area contributed by atoms with Crippen LogP contribution in [0.1, 0.15) is 5.56 Å². The van der Waals surface area contributed by atoms with E-state index in [1.807, 2.05) is 6.07 Å². The summed E-state index contributed by atoms with van der Waals surface area (Å²) in [6, 6.07) is 10.4. The molecular formula is C8H7ISn+2. The first kappa shape index (κ1) is 8.58. The van der Waals surface area contributed by atoms with E-state index in [2.05, 4.69) is 53.1 Å². The van der Waals surface area contributed by atoms with Crippen LogP contribution in [0.3, 0.4) is 0 Å². The normalized spacial score (nSPS) is 9.70. The van der Waals surface area contributed by atoms with Crippen LogP contribution in [0.5, 0.6) is 0 Å². The van der Waals surface area contributed by atoms with E-state index in [0.29, 0.717) is 0 Å². The average molecular weight is 349 g/mol. The topological polar surface area (TPSA) is 0 Å². The van der Waals surface area contributed by atoms with Crippen LogP contribution in [0, 0.1) is 0 Å². The number of rotatable bonds is 2. The molecule has 10 heavy (non-hydrogen) atoms. The molecule has 0 saturated heterocycles. The van der Waals surface area contributed by atoms with E-state index < -0.39 is 0 Å². The molecule has 0 amide bonds. The second-order valence-electron chi connectivity index (χ2n) is 1.85. The Bertz CT molecular complexity index is 206. The fraction of sp³-hybridized carbons (Fsp3) is 0. The molecule has 0 aliphatic rings. The SMILES string of the molecule is [I][Sn+2]/[CH]=C/c1ccccc1. The Kier molecular flexibility index (Phi) is 4.45. The summed E-state index contributed by atoms with van der Waals surface area (Å²) in [4.78, 5) is 0. The van der Waals surface area contributed by atoms with Crippen molar-refractivity contribution in [2.24, 2.45) is 0 Å². The first-order valence-corrected chi connectivity index (χ1v) is 13.0. The summed E-state index contributed by atoms with van der Waals surface area (Å²) in [5, 5.41) is 0. The van der Waals surface area contributed by atoms with Crippen LogP contribution in [-0.2, 0) is 0 Å². The summed E-state index contributed by atoms with van der Waals surface area (Å²) in [7, 11) is 0. The Morgan fingerprint density at radius 1 is 1.20 bits per heavy atom. The van der Waals surface area contributed by atoms with Gasteiger partial charge in [0.05, 0.1) is 0 Å². The predicted octanol–water partition coefficient (Wildman–Crippen LogP) is 2.71. The minimum absolute atomic E-state index is 0.168. The molecule has 0 aliphatic carbocycles. The summed E-state index contributed by atoms with van der Waals surface area (Å²) in [6.45, 7) is 0. The first-order valence-electron chi connectivity index (χ1n) is 3.01. The monoisotopic (exact) mass is 350 g/mol. The molecular weight excluding hydrogens is 342 g/mol. The van der Waals surface area contributed by atoms with Gasteiger partial charge in [0.25, 0.3) is 0 Å². The van der Waals surface area contributed by atoms with Crippen molar-refractivity contribution in [3.63, 3.8) is 0 Å². The fourth-order valence-corrected chi connectivity index (χ4v) is 2.63. The zero-order valence-corrected chi connectivity index (χ0v) is 10.4. The molecule has 0 atom stereocenters. The van der Waals surface area contributed by atoms with Crippen LogP contribution >= 0.6 is 18.6 Å². The van der Waals surface area contributed by atoms with Crippen molar-refractivity contribution in [3.05, 3.63) is 40.0 Å². The Hall–Kier alpha value is 0.489. The van der Waals surface area contributed by atoms with Crippen LogP contribution in [0.2, 0.25) is 0 Å². The maximum absolute atomic E-state index is 2.50. The van der Waals surface area contributed by atoms with E-state index in [0.717, 1.165) is 0 Å². The number of hydrogen-bond donors (Lipinski definition) is 0. The van der Waals surface area contributed by atoms with Crippen LogP contribution in [0.15, 0.2) is 34.4 Å². The van der Waals surface area contributed by atoms with Gasteiger partial charge in [-0.2, -0.15) is 0 Å². The van der Waals surface area contributed by atoms with E-state index in [-0.39, 0.29) is 17.2 Å². The summed E-state index contributed by atoms with van der Waals surface area (Å²) in [6.07, 6.45) is 2.21. The van der Waals surface area contributed by atoms with E-state index in [1.54, 1.807) is 0 Å². The van der Waals surface area contributed by atoms with Crippen LogP contribution in [-0.4, -0.2) is 17.2 Å². The van der Waals surface area contributed by atoms with Crippen molar-refractivity contribution in [2.75, 3.05) is 0 Å². The fourth-order valence-electron chi connectivity index (χ4n) is 0.692. The molecule has 0 heterocycles. The van der Waals surface area contributed by atoms with Gasteiger partial charge in [-0.1, -0.05) is 0 Å². The molecule has 2 heteroatoms. The quantitative estimate of drug-likeness (QED) is 0.569. The average Bonchev–Trinajstić information content (AvgIpc) is 2.03. The molecule has 0 N–H and O–H groups in total. The Labute approximate surface area is 81.1 Å². The molecule has 0 unspecified atom stereocenters. The van der Waals surface area contributed by atoms with Crippen LogP contribution in [0.25, 0.3) is 6.08 Å². The molecule has 0 aliphatic heterocycles. The Balaban J connectivity index is 2.67. The maximum atomic E-state index is 2.50. The summed E-state index contributed by atoms with van der Waals surface area (Å²) in [5.41, 5.74) is 1.32. The molecule has 1 aromatic rings. The van der Waals surface area contributed by atoms with Gasteiger partial charge in [-0.15, -0.1) is 0 Å². The number of benzene rings is 1. The van der Waals surface area contributed by atoms with Gasteiger partial charge in [0.2, 0.25) is 0 Å². The summed E-state index contributed by atoms with van der Waals surface area (Å²) < 4.78 is 2.32. The van der Waals surface area contributed by atoms with Gasteiger partial charge in [-0.25, -0.2) is 0 Å². The van der Waals surface area contributed by atoms with Gasteiger partial charge in [0.15, 0.2) is 0 Å². The third kappa shape index (κ3) is 3.05. The standard InChI is InChI=1S/C8H7.HI.Sn/c1-2-8-6-4-3-5-7-8;;/h1-7H;1H;/q;;+3/p-1. The zero-order valence-electron chi connectivity index (χ0n) is 5.42. The molecule has 0 bridgehead atoms. The third-order valence-corrected chi connectivity index (χ3v) is 4.39. The van der Waals surface area contributed by atoms with Gasteiger partial charge in [-0.05, 0) is 0 Å². The Morgan fingerprint density at radius 3 is 2.50 bits per heavy atom. The number of hydrogen-bond acceptors (Lipinski definition) is 0. The van der Waals surface area contributed by atoms with Gasteiger partial charge < -0.3 is 0 Å². The Morgan fingerprint density at radius 2 is 1.90 bits per heavy atom. The van der Waals surface area contributed by atoms with E-state index in [4.69, 9.17) is 0 Å². The second-order valence-corrected chi connectivity index (χ2v) is 7.61. The van der Waals surface area contributed by atoms with Crippen molar-refractivity contribution in [1.29, 1.82) is 0 Å². The minimum atomic E-state index is -0.168. The zero-order chi connectivity index (χ0) is 7.23. The van der Waals surface area contributed by atoms with E-state index in [1.165, 1.54) is 5.56 Å². The third-order valence-electron chi connectivity index (χ3n) is 1.14. The molecule has 0 saturated carbocycles. The molecule has 48 valence electrons. The molecule has 0 radical (unpaired) electrons. The number of halogens is 1. The molecule has 0 nitrogen and oxygen atoms in total. The van der Waals surface area contributed by atoms with Crippen LogP contribution < -0.4 is 0 Å². The summed E-state index contributed by atoms with van der Waals surface area (Å²) in [5.74, 6) is 0. The van der Waals surface area contributed by atoms with Gasteiger partial charge in [0.1, 0.15) is 0 Å². The van der Waals surface area contributed by atoms with Crippen molar-refractivity contribution < 1.29 is 0 Å². The van der Waals surface area contributed by atoms with E-state index >= 15 is 0 Å². The van der Waals surface area contributed by atoms with Crippen molar-refractivity contribution in [1.82, 2.24) is 0 Å². The van der Waals surface area contributed by atoms with Gasteiger partial charge >= 0.3 is 81.9 Å². The second kappa shape index (κ2) is 5.18. The van der Waals surface area contributed by atoms with Crippen LogP contribution in [0.4, 0.5) is 0 Å². The summed E-state index contributed by atoms with van der Waals surface area (Å²) >= 11 is 2.33. The first-order chi connectivity index (χ1) is 4.93. The molecule has 1 aromatic carbocycles. The van der Waals surface area contributed by atoms with E-state index in [9.17, 15) is 0 Å². The van der Waals surface area contributed by atoms with Crippen molar-refractivity contribution >= 4 is 41.9 Å². The van der Waals surface area contributed by atoms with Crippen molar-refractivity contribution in [2.45, 2.75) is 0 Å². The van der Waals surface area contributed by atoms with Crippen molar-refractivity contribution in [3.8, 4) is 0 Å².